The van der Waals surface area contributed by atoms with Crippen LogP contribution in [0.5, 0.6) is 11.5 Å². The standard InChI is InChI=1S/C18H20N2O3S/c1-13-6-8-15(9-7-13)24-11-10-17(21)20-19-12-14-4-3-5-16(23-2)18(14)22/h3-9,12,22H,10-11H2,1-2H3,(H,20,21)/b19-12-. The van der Waals surface area contributed by atoms with Gasteiger partial charge in [-0.3, -0.25) is 4.79 Å². The molecule has 0 atom stereocenters. The zero-order valence-electron chi connectivity index (χ0n) is 13.7. The number of para-hydroxylation sites is 1. The number of nitrogens with one attached hydrogen (secondary N) is 1. The second-order valence-corrected chi connectivity index (χ2v) is 6.27. The Kier molecular flexibility index (Phi) is 6.69. The number of hydrogen-bond acceptors (Lipinski definition) is 5. The number of phenols is 1. The number of benzene rings is 2. The van der Waals surface area contributed by atoms with Crippen LogP contribution >= 0.6 is 11.8 Å². The summed E-state index contributed by atoms with van der Waals surface area (Å²) in [6, 6.07) is 13.2. The van der Waals surface area contributed by atoms with Gasteiger partial charge in [-0.25, -0.2) is 5.43 Å². The number of ether oxygens (including phenoxy) is 1. The Morgan fingerprint density at radius 2 is 2.04 bits per heavy atom. The lowest BCUT2D eigenvalue weighted by Crippen LogP contribution is -2.17. The normalized spacial score (nSPS) is 10.8. The molecule has 2 rings (SSSR count). The molecule has 0 unspecified atom stereocenters. The van der Waals surface area contributed by atoms with E-state index in [0.29, 0.717) is 23.5 Å². The highest BCUT2D eigenvalue weighted by molar-refractivity contribution is 7.99. The number of hydrogen-bond donors (Lipinski definition) is 2. The van der Waals surface area contributed by atoms with E-state index in [-0.39, 0.29) is 11.7 Å². The van der Waals surface area contributed by atoms with Crippen molar-refractivity contribution in [3.05, 3.63) is 53.6 Å². The van der Waals surface area contributed by atoms with Crippen LogP contribution in [0.1, 0.15) is 17.5 Å². The van der Waals surface area contributed by atoms with Gasteiger partial charge in [-0.1, -0.05) is 23.8 Å². The van der Waals surface area contributed by atoms with E-state index in [9.17, 15) is 9.90 Å². The predicted octanol–water partition coefficient (Wildman–Crippen LogP) is 3.34. The van der Waals surface area contributed by atoms with Crippen molar-refractivity contribution in [3.8, 4) is 11.5 Å². The molecular weight excluding hydrogens is 324 g/mol. The van der Waals surface area contributed by atoms with Crippen LogP contribution in [0.2, 0.25) is 0 Å². The topological polar surface area (TPSA) is 70.9 Å². The van der Waals surface area contributed by atoms with E-state index in [4.69, 9.17) is 4.74 Å². The monoisotopic (exact) mass is 344 g/mol. The highest BCUT2D eigenvalue weighted by Gasteiger charge is 2.05. The average Bonchev–Trinajstić information content (AvgIpc) is 2.58. The summed E-state index contributed by atoms with van der Waals surface area (Å²) in [5.74, 6) is 0.857. The van der Waals surface area contributed by atoms with Gasteiger partial charge in [0, 0.05) is 22.6 Å². The molecule has 0 saturated heterocycles. The first kappa shape index (κ1) is 17.9. The Morgan fingerprint density at radius 1 is 1.29 bits per heavy atom. The summed E-state index contributed by atoms with van der Waals surface area (Å²) in [7, 11) is 1.48. The number of rotatable bonds is 7. The number of hydrazone groups is 1. The molecular formula is C18H20N2O3S. The maximum atomic E-state index is 11.8. The molecule has 0 aliphatic rings. The quantitative estimate of drug-likeness (QED) is 0.459. The summed E-state index contributed by atoms with van der Waals surface area (Å²) in [6.45, 7) is 2.04. The number of thioether (sulfide) groups is 1. The van der Waals surface area contributed by atoms with Crippen molar-refractivity contribution in [2.75, 3.05) is 12.9 Å². The zero-order chi connectivity index (χ0) is 17.4. The summed E-state index contributed by atoms with van der Waals surface area (Å²) in [5.41, 5.74) is 4.15. The smallest absolute Gasteiger partial charge is 0.240 e. The molecule has 0 aromatic heterocycles. The van der Waals surface area contributed by atoms with Crippen molar-refractivity contribution in [1.29, 1.82) is 0 Å². The minimum Gasteiger partial charge on any atom is -0.504 e. The van der Waals surface area contributed by atoms with Crippen molar-refractivity contribution in [2.45, 2.75) is 18.2 Å². The number of phenolic OH excluding ortho intramolecular Hbond substituents is 1. The van der Waals surface area contributed by atoms with E-state index in [1.807, 2.05) is 31.2 Å². The Hall–Kier alpha value is -2.47. The molecule has 6 heteroatoms. The molecule has 0 radical (unpaired) electrons. The summed E-state index contributed by atoms with van der Waals surface area (Å²) in [5, 5.41) is 13.8. The van der Waals surface area contributed by atoms with Crippen LogP contribution in [0.4, 0.5) is 0 Å². The van der Waals surface area contributed by atoms with Crippen molar-refractivity contribution < 1.29 is 14.6 Å². The lowest BCUT2D eigenvalue weighted by atomic mass is 10.2. The van der Waals surface area contributed by atoms with Crippen LogP contribution in [0.25, 0.3) is 0 Å². The molecule has 0 fully saturated rings. The zero-order valence-corrected chi connectivity index (χ0v) is 14.5. The third kappa shape index (κ3) is 5.31. The second kappa shape index (κ2) is 8.98. The molecule has 24 heavy (non-hydrogen) atoms. The lowest BCUT2D eigenvalue weighted by molar-refractivity contribution is -0.120. The van der Waals surface area contributed by atoms with Crippen LogP contribution in [-0.2, 0) is 4.79 Å². The van der Waals surface area contributed by atoms with E-state index in [0.717, 1.165) is 4.90 Å². The minimum absolute atomic E-state index is 0.00655. The molecule has 2 N–H and O–H groups in total. The molecule has 2 aromatic carbocycles. The first-order valence-electron chi connectivity index (χ1n) is 7.47. The van der Waals surface area contributed by atoms with Gasteiger partial charge < -0.3 is 9.84 Å². The Bertz CT molecular complexity index is 715. The van der Waals surface area contributed by atoms with Gasteiger partial charge in [-0.05, 0) is 31.2 Å². The number of methoxy groups -OCH3 is 1. The van der Waals surface area contributed by atoms with Gasteiger partial charge in [0.2, 0.25) is 5.91 Å². The van der Waals surface area contributed by atoms with Crippen molar-refractivity contribution in [3.63, 3.8) is 0 Å². The van der Waals surface area contributed by atoms with Gasteiger partial charge in [0.1, 0.15) is 0 Å². The number of aromatic hydroxyl groups is 1. The molecule has 0 heterocycles. The maximum Gasteiger partial charge on any atom is 0.240 e. The fourth-order valence-corrected chi connectivity index (χ4v) is 2.79. The first-order valence-corrected chi connectivity index (χ1v) is 8.46. The molecule has 0 aliphatic carbocycles. The molecule has 2 aromatic rings. The van der Waals surface area contributed by atoms with Gasteiger partial charge in [0.25, 0.3) is 0 Å². The van der Waals surface area contributed by atoms with Gasteiger partial charge in [0.05, 0.1) is 13.3 Å². The van der Waals surface area contributed by atoms with Crippen molar-refractivity contribution >= 4 is 23.9 Å². The fraction of sp³-hybridized carbons (Fsp3) is 0.222. The van der Waals surface area contributed by atoms with E-state index in [2.05, 4.69) is 10.5 Å². The third-order valence-electron chi connectivity index (χ3n) is 3.26. The van der Waals surface area contributed by atoms with E-state index in [1.165, 1.54) is 18.9 Å². The molecule has 1 amide bonds. The molecule has 126 valence electrons. The highest BCUT2D eigenvalue weighted by atomic mass is 32.2. The number of amides is 1. The van der Waals surface area contributed by atoms with Gasteiger partial charge in [-0.15, -0.1) is 11.8 Å². The van der Waals surface area contributed by atoms with E-state index < -0.39 is 0 Å². The summed E-state index contributed by atoms with van der Waals surface area (Å²) >= 11 is 1.63. The summed E-state index contributed by atoms with van der Waals surface area (Å²) in [6.07, 6.45) is 1.75. The minimum atomic E-state index is -0.173. The molecule has 0 aliphatic heterocycles. The first-order chi connectivity index (χ1) is 11.6. The van der Waals surface area contributed by atoms with Crippen LogP contribution in [0.15, 0.2) is 52.5 Å². The average molecular weight is 344 g/mol. The summed E-state index contributed by atoms with van der Waals surface area (Å²) in [4.78, 5) is 12.9. The van der Waals surface area contributed by atoms with E-state index in [1.54, 1.807) is 30.0 Å². The number of carbonyl (C=O) groups excluding carboxylic acids is 1. The van der Waals surface area contributed by atoms with Crippen LogP contribution in [0.3, 0.4) is 0 Å². The fourth-order valence-electron chi connectivity index (χ4n) is 1.93. The van der Waals surface area contributed by atoms with E-state index >= 15 is 0 Å². The van der Waals surface area contributed by atoms with Crippen LogP contribution < -0.4 is 10.2 Å². The Balaban J connectivity index is 1.77. The number of aryl methyl sites for hydroxylation is 1. The van der Waals surface area contributed by atoms with Crippen molar-refractivity contribution in [2.24, 2.45) is 5.10 Å². The largest absolute Gasteiger partial charge is 0.504 e. The van der Waals surface area contributed by atoms with Crippen LogP contribution in [0, 0.1) is 6.92 Å². The van der Waals surface area contributed by atoms with Gasteiger partial charge in [-0.2, -0.15) is 5.10 Å². The molecule has 0 bridgehead atoms. The van der Waals surface area contributed by atoms with Gasteiger partial charge >= 0.3 is 0 Å². The Morgan fingerprint density at radius 3 is 2.75 bits per heavy atom. The molecule has 5 nitrogen and oxygen atoms in total. The Labute approximate surface area is 145 Å². The number of nitrogens with zero attached hydrogens (tertiary/aromatic N) is 1. The molecule has 0 spiro atoms. The van der Waals surface area contributed by atoms with Crippen LogP contribution in [-0.4, -0.2) is 30.1 Å². The maximum absolute atomic E-state index is 11.8. The molecule has 0 saturated carbocycles. The van der Waals surface area contributed by atoms with Gasteiger partial charge in [0.15, 0.2) is 11.5 Å². The predicted molar refractivity (Wildman–Crippen MR) is 96.9 cm³/mol. The number of carbonyl (C=O) groups is 1. The highest BCUT2D eigenvalue weighted by Crippen LogP contribution is 2.27. The second-order valence-electron chi connectivity index (χ2n) is 5.10. The lowest BCUT2D eigenvalue weighted by Gasteiger charge is -2.05. The summed E-state index contributed by atoms with van der Waals surface area (Å²) < 4.78 is 5.01. The SMILES string of the molecule is COc1cccc(/C=N\NC(=O)CCSc2ccc(C)cc2)c1O. The van der Waals surface area contributed by atoms with Crippen molar-refractivity contribution in [1.82, 2.24) is 5.43 Å². The third-order valence-corrected chi connectivity index (χ3v) is 4.28.